The second-order valence-electron chi connectivity index (χ2n) is 3.35. The van der Waals surface area contributed by atoms with Gasteiger partial charge in [-0.3, -0.25) is 0 Å². The summed E-state index contributed by atoms with van der Waals surface area (Å²) in [5, 5.41) is 10.2. The molecular weight excluding hydrogens is 272 g/mol. The summed E-state index contributed by atoms with van der Waals surface area (Å²) >= 11 is 3.37. The highest BCUT2D eigenvalue weighted by Gasteiger charge is 2.16. The fraction of sp³-hybridized carbons (Fsp3) is 0.167. The van der Waals surface area contributed by atoms with E-state index in [1.54, 1.807) is 13.2 Å². The van der Waals surface area contributed by atoms with Gasteiger partial charge in [0.25, 0.3) is 0 Å². The maximum absolute atomic E-state index is 10.2. The second kappa shape index (κ2) is 4.72. The Balaban J connectivity index is 2.42. The fourth-order valence-electron chi connectivity index (χ4n) is 1.53. The minimum Gasteiger partial charge on any atom is -0.496 e. The maximum Gasteiger partial charge on any atom is 0.125 e. The molecule has 2 rings (SSSR count). The normalized spacial score (nSPS) is 12.4. The molecule has 1 atom stereocenters. The van der Waals surface area contributed by atoms with Gasteiger partial charge >= 0.3 is 0 Å². The lowest BCUT2D eigenvalue weighted by atomic mass is 10.0. The number of rotatable bonds is 3. The molecule has 3 nitrogen and oxygen atoms in total. The summed E-state index contributed by atoms with van der Waals surface area (Å²) in [6, 6.07) is 7.23. The van der Waals surface area contributed by atoms with Crippen molar-refractivity contribution in [1.29, 1.82) is 0 Å². The Labute approximate surface area is 102 Å². The van der Waals surface area contributed by atoms with Gasteiger partial charge in [0.05, 0.1) is 19.6 Å². The van der Waals surface area contributed by atoms with Crippen molar-refractivity contribution < 1.29 is 14.3 Å². The lowest BCUT2D eigenvalue weighted by Gasteiger charge is -2.13. The largest absolute Gasteiger partial charge is 0.496 e. The van der Waals surface area contributed by atoms with Crippen molar-refractivity contribution in [1.82, 2.24) is 0 Å². The Hall–Kier alpha value is -1.26. The molecule has 0 spiro atoms. The summed E-state index contributed by atoms with van der Waals surface area (Å²) < 4.78 is 11.1. The van der Waals surface area contributed by atoms with Crippen LogP contribution < -0.4 is 4.74 Å². The highest BCUT2D eigenvalue weighted by Crippen LogP contribution is 2.32. The number of benzene rings is 1. The highest BCUT2D eigenvalue weighted by molar-refractivity contribution is 9.10. The molecule has 1 aromatic carbocycles. The van der Waals surface area contributed by atoms with Crippen LogP contribution in [0.1, 0.15) is 17.2 Å². The van der Waals surface area contributed by atoms with Crippen LogP contribution in [-0.4, -0.2) is 12.2 Å². The van der Waals surface area contributed by atoms with Gasteiger partial charge in [-0.1, -0.05) is 15.9 Å². The molecule has 0 fully saturated rings. The van der Waals surface area contributed by atoms with E-state index in [-0.39, 0.29) is 0 Å². The van der Waals surface area contributed by atoms with Crippen LogP contribution >= 0.6 is 15.9 Å². The topological polar surface area (TPSA) is 42.6 Å². The summed E-state index contributed by atoms with van der Waals surface area (Å²) in [4.78, 5) is 0. The van der Waals surface area contributed by atoms with Gasteiger partial charge in [0.1, 0.15) is 11.9 Å². The predicted octanol–water partition coefficient (Wildman–Crippen LogP) is 3.13. The molecule has 84 valence electrons. The summed E-state index contributed by atoms with van der Waals surface area (Å²) in [7, 11) is 1.58. The van der Waals surface area contributed by atoms with Gasteiger partial charge < -0.3 is 14.3 Å². The van der Waals surface area contributed by atoms with Crippen molar-refractivity contribution in [2.45, 2.75) is 6.10 Å². The number of aliphatic hydroxyl groups excluding tert-OH is 1. The highest BCUT2D eigenvalue weighted by atomic mass is 79.9. The molecule has 2 aromatic rings. The first-order valence-corrected chi connectivity index (χ1v) is 5.55. The molecule has 1 unspecified atom stereocenters. The van der Waals surface area contributed by atoms with Crippen LogP contribution in [0, 0.1) is 0 Å². The molecule has 0 aliphatic heterocycles. The van der Waals surface area contributed by atoms with E-state index in [4.69, 9.17) is 9.15 Å². The third-order valence-corrected chi connectivity index (χ3v) is 2.84. The monoisotopic (exact) mass is 282 g/mol. The van der Waals surface area contributed by atoms with Crippen LogP contribution in [0.2, 0.25) is 0 Å². The van der Waals surface area contributed by atoms with Crippen molar-refractivity contribution in [3.8, 4) is 5.75 Å². The van der Waals surface area contributed by atoms with E-state index < -0.39 is 6.10 Å². The van der Waals surface area contributed by atoms with E-state index >= 15 is 0 Å². The van der Waals surface area contributed by atoms with Crippen LogP contribution in [0.25, 0.3) is 0 Å². The van der Waals surface area contributed by atoms with E-state index in [2.05, 4.69) is 15.9 Å². The molecule has 0 bridgehead atoms. The quantitative estimate of drug-likeness (QED) is 0.941. The van der Waals surface area contributed by atoms with Crippen molar-refractivity contribution in [3.63, 3.8) is 0 Å². The number of methoxy groups -OCH3 is 1. The predicted molar refractivity (Wildman–Crippen MR) is 63.5 cm³/mol. The van der Waals surface area contributed by atoms with E-state index in [9.17, 15) is 5.11 Å². The molecule has 1 N–H and O–H groups in total. The molecule has 0 saturated heterocycles. The lowest BCUT2D eigenvalue weighted by Crippen LogP contribution is -2.01. The number of halogens is 1. The zero-order valence-electron chi connectivity index (χ0n) is 8.68. The third-order valence-electron chi connectivity index (χ3n) is 2.35. The Morgan fingerprint density at radius 2 is 2.19 bits per heavy atom. The summed E-state index contributed by atoms with van der Waals surface area (Å²) in [5.41, 5.74) is 1.41. The molecular formula is C12H11BrO3. The molecule has 0 aliphatic carbocycles. The molecule has 0 saturated carbocycles. The molecule has 0 radical (unpaired) electrons. The van der Waals surface area contributed by atoms with E-state index in [0.717, 1.165) is 4.47 Å². The van der Waals surface area contributed by atoms with E-state index in [0.29, 0.717) is 16.9 Å². The first-order chi connectivity index (χ1) is 7.72. The van der Waals surface area contributed by atoms with E-state index in [1.807, 2.05) is 18.2 Å². The molecule has 1 heterocycles. The number of hydrogen-bond acceptors (Lipinski definition) is 3. The molecule has 1 aromatic heterocycles. The Bertz CT molecular complexity index is 465. The van der Waals surface area contributed by atoms with Crippen LogP contribution in [-0.2, 0) is 0 Å². The van der Waals surface area contributed by atoms with Gasteiger partial charge in [0.15, 0.2) is 0 Å². The molecule has 0 amide bonds. The SMILES string of the molecule is COc1ccc(Br)cc1C(O)c1ccoc1. The Morgan fingerprint density at radius 3 is 2.81 bits per heavy atom. The maximum atomic E-state index is 10.2. The minimum atomic E-state index is -0.744. The number of aliphatic hydroxyl groups is 1. The summed E-state index contributed by atoms with van der Waals surface area (Å²) in [6.45, 7) is 0. The van der Waals surface area contributed by atoms with E-state index in [1.165, 1.54) is 12.5 Å². The van der Waals surface area contributed by atoms with Gasteiger partial charge in [-0.05, 0) is 24.3 Å². The molecule has 16 heavy (non-hydrogen) atoms. The summed E-state index contributed by atoms with van der Waals surface area (Å²) in [5.74, 6) is 0.650. The number of hydrogen-bond donors (Lipinski definition) is 1. The standard InChI is InChI=1S/C12H11BrO3/c1-15-11-3-2-9(13)6-10(11)12(14)8-4-5-16-7-8/h2-7,12,14H,1H3. The zero-order chi connectivity index (χ0) is 11.5. The molecule has 0 aliphatic rings. The van der Waals surface area contributed by atoms with Gasteiger partial charge in [-0.2, -0.15) is 0 Å². The average molecular weight is 283 g/mol. The van der Waals surface area contributed by atoms with Gasteiger partial charge in [-0.15, -0.1) is 0 Å². The zero-order valence-corrected chi connectivity index (χ0v) is 10.3. The Kier molecular flexibility index (Phi) is 3.31. The van der Waals surface area contributed by atoms with Crippen molar-refractivity contribution >= 4 is 15.9 Å². The first-order valence-electron chi connectivity index (χ1n) is 4.76. The first kappa shape index (κ1) is 11.2. The number of ether oxygens (including phenoxy) is 1. The molecule has 4 heteroatoms. The smallest absolute Gasteiger partial charge is 0.125 e. The average Bonchev–Trinajstić information content (AvgIpc) is 2.81. The van der Waals surface area contributed by atoms with Crippen LogP contribution in [0.5, 0.6) is 5.75 Å². The van der Waals surface area contributed by atoms with Crippen molar-refractivity contribution in [3.05, 3.63) is 52.4 Å². The summed E-state index contributed by atoms with van der Waals surface area (Å²) in [6.07, 6.45) is 2.31. The third kappa shape index (κ3) is 2.13. The second-order valence-corrected chi connectivity index (χ2v) is 4.26. The van der Waals surface area contributed by atoms with Gasteiger partial charge in [0.2, 0.25) is 0 Å². The minimum absolute atomic E-state index is 0.650. The van der Waals surface area contributed by atoms with Gasteiger partial charge in [0, 0.05) is 15.6 Å². The van der Waals surface area contributed by atoms with Crippen LogP contribution in [0.3, 0.4) is 0 Å². The fourth-order valence-corrected chi connectivity index (χ4v) is 1.91. The van der Waals surface area contributed by atoms with Crippen molar-refractivity contribution in [2.24, 2.45) is 0 Å². The van der Waals surface area contributed by atoms with Gasteiger partial charge in [-0.25, -0.2) is 0 Å². The number of furan rings is 1. The lowest BCUT2D eigenvalue weighted by molar-refractivity contribution is 0.213. The van der Waals surface area contributed by atoms with Crippen LogP contribution in [0.4, 0.5) is 0 Å². The van der Waals surface area contributed by atoms with Crippen LogP contribution in [0.15, 0.2) is 45.7 Å². The van der Waals surface area contributed by atoms with Crippen molar-refractivity contribution in [2.75, 3.05) is 7.11 Å². The Morgan fingerprint density at radius 1 is 1.38 bits per heavy atom.